The van der Waals surface area contributed by atoms with Crippen LogP contribution < -0.4 is 5.73 Å². The van der Waals surface area contributed by atoms with Crippen LogP contribution in [0.3, 0.4) is 0 Å². The molecular formula is C5H11NO3. The van der Waals surface area contributed by atoms with Crippen LogP contribution in [-0.2, 0) is 9.53 Å². The summed E-state index contributed by atoms with van der Waals surface area (Å²) >= 11 is 0. The van der Waals surface area contributed by atoms with Crippen molar-refractivity contribution in [3.8, 4) is 0 Å². The van der Waals surface area contributed by atoms with Crippen LogP contribution in [0.4, 0.5) is 0 Å². The predicted molar refractivity (Wildman–Crippen MR) is 32.1 cm³/mol. The maximum absolute atomic E-state index is 10.1. The number of nitrogens with two attached hydrogens (primary N) is 1. The Kier molecular flexibility index (Phi) is 3.19. The van der Waals surface area contributed by atoms with Crippen LogP contribution in [0.25, 0.3) is 0 Å². The summed E-state index contributed by atoms with van der Waals surface area (Å²) in [5.74, 6) is -1.04. The fourth-order valence-corrected chi connectivity index (χ4v) is 0.347. The van der Waals surface area contributed by atoms with E-state index in [9.17, 15) is 4.79 Å². The molecule has 1 unspecified atom stereocenters. The van der Waals surface area contributed by atoms with E-state index in [1.165, 1.54) is 7.11 Å². The van der Waals surface area contributed by atoms with Crippen molar-refractivity contribution in [1.29, 1.82) is 0 Å². The lowest BCUT2D eigenvalue weighted by atomic mass is 10.2. The Balaban J connectivity index is 3.72. The van der Waals surface area contributed by atoms with E-state index >= 15 is 0 Å². The van der Waals surface area contributed by atoms with Crippen molar-refractivity contribution in [1.82, 2.24) is 0 Å². The molecule has 0 aliphatic carbocycles. The van der Waals surface area contributed by atoms with Gasteiger partial charge in [-0.3, -0.25) is 4.79 Å². The van der Waals surface area contributed by atoms with Crippen molar-refractivity contribution in [3.63, 3.8) is 0 Å². The molecule has 0 aromatic heterocycles. The van der Waals surface area contributed by atoms with Gasteiger partial charge in [-0.2, -0.15) is 0 Å². The summed E-state index contributed by atoms with van der Waals surface area (Å²) in [4.78, 5) is 10.1. The van der Waals surface area contributed by atoms with Gasteiger partial charge in [0, 0.05) is 7.11 Å². The van der Waals surface area contributed by atoms with Gasteiger partial charge in [-0.1, -0.05) is 0 Å². The van der Waals surface area contributed by atoms with Gasteiger partial charge < -0.3 is 15.6 Å². The highest BCUT2D eigenvalue weighted by Gasteiger charge is 2.18. The van der Waals surface area contributed by atoms with Gasteiger partial charge >= 0.3 is 5.97 Å². The zero-order valence-corrected chi connectivity index (χ0v) is 5.50. The number of hydrogen-bond donors (Lipinski definition) is 2. The summed E-state index contributed by atoms with van der Waals surface area (Å²) < 4.78 is 4.67. The number of rotatable bonds is 3. The Morgan fingerprint density at radius 2 is 2.22 bits per heavy atom. The standard InChI is InChI=1S/C5H11NO3/c1-3(9-2)4(6)5(7)8/h3-4H,6H2,1-2H3,(H,7,8)/t3?,4-/m1/s1. The molecule has 0 aliphatic heterocycles. The second-order valence-corrected chi connectivity index (χ2v) is 1.80. The van der Waals surface area contributed by atoms with Crippen LogP contribution in [0.5, 0.6) is 0 Å². The Labute approximate surface area is 53.6 Å². The Hall–Kier alpha value is -0.610. The van der Waals surface area contributed by atoms with E-state index in [0.29, 0.717) is 0 Å². The molecule has 0 bridgehead atoms. The van der Waals surface area contributed by atoms with E-state index in [4.69, 9.17) is 10.8 Å². The van der Waals surface area contributed by atoms with E-state index in [1.54, 1.807) is 6.92 Å². The summed E-state index contributed by atoms with van der Waals surface area (Å²) in [6, 6.07) is -0.921. The summed E-state index contributed by atoms with van der Waals surface area (Å²) in [6.45, 7) is 1.61. The Morgan fingerprint density at radius 1 is 1.78 bits per heavy atom. The molecule has 0 saturated carbocycles. The highest BCUT2D eigenvalue weighted by atomic mass is 16.5. The van der Waals surface area contributed by atoms with E-state index < -0.39 is 18.1 Å². The van der Waals surface area contributed by atoms with E-state index in [-0.39, 0.29) is 0 Å². The van der Waals surface area contributed by atoms with E-state index in [1.807, 2.05) is 0 Å². The van der Waals surface area contributed by atoms with Crippen molar-refractivity contribution in [2.24, 2.45) is 5.73 Å². The van der Waals surface area contributed by atoms with Gasteiger partial charge in [0.2, 0.25) is 0 Å². The van der Waals surface area contributed by atoms with Gasteiger partial charge in [-0.15, -0.1) is 0 Å². The molecule has 0 rings (SSSR count). The van der Waals surface area contributed by atoms with Gasteiger partial charge in [0.25, 0.3) is 0 Å². The van der Waals surface area contributed by atoms with Crippen molar-refractivity contribution < 1.29 is 14.6 Å². The largest absolute Gasteiger partial charge is 0.480 e. The summed E-state index contributed by atoms with van der Waals surface area (Å²) in [6.07, 6.45) is -0.428. The SMILES string of the molecule is COC(C)[C@@H](N)C(=O)O. The molecule has 4 nitrogen and oxygen atoms in total. The van der Waals surface area contributed by atoms with Crippen molar-refractivity contribution in [2.75, 3.05) is 7.11 Å². The summed E-state index contributed by atoms with van der Waals surface area (Å²) in [5, 5.41) is 8.28. The zero-order valence-electron chi connectivity index (χ0n) is 5.50. The van der Waals surface area contributed by atoms with Crippen molar-refractivity contribution >= 4 is 5.97 Å². The first-order valence-electron chi connectivity index (χ1n) is 2.60. The fourth-order valence-electron chi connectivity index (χ4n) is 0.347. The molecule has 0 heterocycles. The Bertz CT molecular complexity index is 104. The Morgan fingerprint density at radius 3 is 2.33 bits per heavy atom. The molecule has 0 aromatic carbocycles. The fraction of sp³-hybridized carbons (Fsp3) is 0.800. The number of ether oxygens (including phenoxy) is 1. The topological polar surface area (TPSA) is 72.5 Å². The number of carbonyl (C=O) groups is 1. The molecule has 0 amide bonds. The lowest BCUT2D eigenvalue weighted by Gasteiger charge is -2.12. The lowest BCUT2D eigenvalue weighted by Crippen LogP contribution is -2.40. The first kappa shape index (κ1) is 8.39. The second kappa shape index (κ2) is 3.42. The average molecular weight is 133 g/mol. The second-order valence-electron chi connectivity index (χ2n) is 1.80. The molecule has 9 heavy (non-hydrogen) atoms. The maximum atomic E-state index is 10.1. The highest BCUT2D eigenvalue weighted by molar-refractivity contribution is 5.73. The number of carboxylic acid groups (broad SMARTS) is 1. The van der Waals surface area contributed by atoms with Gasteiger partial charge in [0.1, 0.15) is 6.04 Å². The van der Waals surface area contributed by atoms with E-state index in [2.05, 4.69) is 4.74 Å². The molecule has 0 fully saturated rings. The summed E-state index contributed by atoms with van der Waals surface area (Å²) in [7, 11) is 1.42. The van der Waals surface area contributed by atoms with E-state index in [0.717, 1.165) is 0 Å². The zero-order chi connectivity index (χ0) is 7.44. The minimum Gasteiger partial charge on any atom is -0.480 e. The highest BCUT2D eigenvalue weighted by Crippen LogP contribution is 1.92. The number of methoxy groups -OCH3 is 1. The lowest BCUT2D eigenvalue weighted by molar-refractivity contribution is -0.141. The smallest absolute Gasteiger partial charge is 0.323 e. The predicted octanol–water partition coefficient (Wildman–Crippen LogP) is -0.567. The molecule has 0 spiro atoms. The van der Waals surface area contributed by atoms with Crippen LogP contribution >= 0.6 is 0 Å². The molecule has 0 aliphatic rings. The molecule has 0 radical (unpaired) electrons. The molecule has 54 valence electrons. The number of carboxylic acids is 1. The number of hydrogen-bond acceptors (Lipinski definition) is 3. The summed E-state index contributed by atoms with van der Waals surface area (Å²) in [5.41, 5.74) is 5.15. The first-order valence-corrected chi connectivity index (χ1v) is 2.60. The van der Waals surface area contributed by atoms with Gasteiger partial charge in [-0.25, -0.2) is 0 Å². The normalized spacial score (nSPS) is 16.8. The van der Waals surface area contributed by atoms with Gasteiger partial charge in [0.05, 0.1) is 6.10 Å². The monoisotopic (exact) mass is 133 g/mol. The molecule has 0 aromatic rings. The molecule has 3 N–H and O–H groups in total. The molecule has 2 atom stereocenters. The molecular weight excluding hydrogens is 122 g/mol. The van der Waals surface area contributed by atoms with Crippen LogP contribution in [0.15, 0.2) is 0 Å². The molecule has 0 saturated heterocycles. The minimum absolute atomic E-state index is 0.428. The van der Waals surface area contributed by atoms with Crippen LogP contribution in [-0.4, -0.2) is 30.3 Å². The van der Waals surface area contributed by atoms with Crippen molar-refractivity contribution in [3.05, 3.63) is 0 Å². The van der Waals surface area contributed by atoms with Crippen LogP contribution in [0.2, 0.25) is 0 Å². The third-order valence-electron chi connectivity index (χ3n) is 1.16. The third-order valence-corrected chi connectivity index (χ3v) is 1.16. The van der Waals surface area contributed by atoms with Crippen LogP contribution in [0, 0.1) is 0 Å². The van der Waals surface area contributed by atoms with Gasteiger partial charge in [-0.05, 0) is 6.92 Å². The minimum atomic E-state index is -1.04. The quantitative estimate of drug-likeness (QED) is 0.541. The van der Waals surface area contributed by atoms with Crippen molar-refractivity contribution in [2.45, 2.75) is 19.1 Å². The average Bonchev–Trinajstić information content (AvgIpc) is 1.84. The first-order chi connectivity index (χ1) is 4.09. The number of aliphatic carboxylic acids is 1. The molecule has 4 heteroatoms. The maximum Gasteiger partial charge on any atom is 0.323 e. The van der Waals surface area contributed by atoms with Gasteiger partial charge in [0.15, 0.2) is 0 Å². The van der Waals surface area contributed by atoms with Crippen LogP contribution in [0.1, 0.15) is 6.92 Å². The third kappa shape index (κ3) is 2.43.